The Labute approximate surface area is 496 Å². The molecule has 0 spiro atoms. The third kappa shape index (κ3) is 21.8. The number of benzene rings is 4. The third-order valence-electron chi connectivity index (χ3n) is 13.4. The van der Waals surface area contributed by atoms with Crippen LogP contribution in [0.3, 0.4) is 0 Å². The lowest BCUT2D eigenvalue weighted by Crippen LogP contribution is -2.38. The molecule has 0 aliphatic heterocycles. The van der Waals surface area contributed by atoms with Crippen molar-refractivity contribution in [3.05, 3.63) is 116 Å². The number of nitrogens with zero attached hydrogens (tertiary/aromatic N) is 2. The molecule has 4 amide bonds. The van der Waals surface area contributed by atoms with E-state index in [9.17, 15) is 39.6 Å². The van der Waals surface area contributed by atoms with Gasteiger partial charge < -0.3 is 59.5 Å². The van der Waals surface area contributed by atoms with Crippen LogP contribution in [0.25, 0.3) is 0 Å². The minimum Gasteiger partial charge on any atom is -0.484 e. The van der Waals surface area contributed by atoms with Crippen molar-refractivity contribution in [1.29, 1.82) is 0 Å². The summed E-state index contributed by atoms with van der Waals surface area (Å²) in [6.07, 6.45) is -2.09. The van der Waals surface area contributed by atoms with Crippen molar-refractivity contribution in [2.75, 3.05) is 121 Å². The van der Waals surface area contributed by atoms with Gasteiger partial charge in [-0.2, -0.15) is 13.2 Å². The van der Waals surface area contributed by atoms with Gasteiger partial charge in [0.1, 0.15) is 23.7 Å². The van der Waals surface area contributed by atoms with Gasteiger partial charge in [0, 0.05) is 56.4 Å². The van der Waals surface area contributed by atoms with E-state index in [1.165, 1.54) is 48.0 Å². The van der Waals surface area contributed by atoms with Crippen molar-refractivity contribution in [3.8, 4) is 11.5 Å². The maximum Gasteiger partial charge on any atom is 0.416 e. The normalized spacial score (nSPS) is 16.7. The minimum atomic E-state index is -4.54. The number of urea groups is 2. The van der Waals surface area contributed by atoms with Crippen LogP contribution in [0.5, 0.6) is 11.5 Å². The molecule has 27 heteroatoms. The summed E-state index contributed by atoms with van der Waals surface area (Å²) in [5, 5.41) is 11.2. The summed E-state index contributed by atoms with van der Waals surface area (Å²) < 4.78 is 131. The van der Waals surface area contributed by atoms with Crippen molar-refractivity contribution in [2.24, 2.45) is 0 Å². The summed E-state index contributed by atoms with van der Waals surface area (Å²) in [6, 6.07) is 17.7. The first-order valence-corrected chi connectivity index (χ1v) is 31.0. The second-order valence-electron chi connectivity index (χ2n) is 19.9. The molecule has 0 heterocycles. The number of alkyl halides is 3. The molecule has 4 atom stereocenters. The molecule has 0 bridgehead atoms. The summed E-state index contributed by atoms with van der Waals surface area (Å²) >= 11 is 12.4. The molecule has 4 aromatic rings. The summed E-state index contributed by atoms with van der Waals surface area (Å²) in [6.45, 7) is 8.41. The first-order chi connectivity index (χ1) is 39.4. The molecule has 20 nitrogen and oxygen atoms in total. The fraction of sp³-hybridized carbons (Fsp3) is 0.536. The van der Waals surface area contributed by atoms with Crippen molar-refractivity contribution in [3.63, 3.8) is 0 Å². The average Bonchev–Trinajstić information content (AvgIpc) is 2.40. The zero-order chi connectivity index (χ0) is 60.7. The molecule has 0 saturated heterocycles. The number of rotatable bonds is 32. The lowest BCUT2D eigenvalue weighted by atomic mass is 10.0. The minimum absolute atomic E-state index is 0.0240. The zero-order valence-corrected chi connectivity index (χ0v) is 51.1. The van der Waals surface area contributed by atoms with Crippen LogP contribution in [0.1, 0.15) is 71.8 Å². The number of carbonyl (C=O) groups is 2. The summed E-state index contributed by atoms with van der Waals surface area (Å²) in [5.74, 6) is 0.900. The highest BCUT2D eigenvalue weighted by atomic mass is 35.5. The molecule has 462 valence electrons. The Kier molecular flexibility index (Phi) is 27.8. The SMILES string of the molecule is CCCOCCOCCNS(=O)(=O)c1ccc(O[C@H]2c3cc(Cl)cc(C(F)(F)F)c3C[C@@H]2N(C)C)cc1.CNC(=O)NCCCCNC(=O)NCCOCCOCCNS(=O)(=O)c1ccc(O[C@H]2c3cc(Cl)cc(C)c3C[C@@H]2N(C)C)cc1. The van der Waals surface area contributed by atoms with Crippen LogP contribution >= 0.6 is 23.2 Å². The summed E-state index contributed by atoms with van der Waals surface area (Å²) in [7, 11) is 1.63. The van der Waals surface area contributed by atoms with Crippen LogP contribution in [0.4, 0.5) is 22.8 Å². The zero-order valence-electron chi connectivity index (χ0n) is 48.0. The fourth-order valence-corrected chi connectivity index (χ4v) is 11.7. The highest BCUT2D eigenvalue weighted by molar-refractivity contribution is 7.89. The molecule has 4 aromatic carbocycles. The quantitative estimate of drug-likeness (QED) is 0.0264. The van der Waals surface area contributed by atoms with Crippen LogP contribution < -0.4 is 40.2 Å². The molecule has 0 fully saturated rings. The van der Waals surface area contributed by atoms with Crippen LogP contribution in [0, 0.1) is 6.92 Å². The molecule has 2 aliphatic carbocycles. The van der Waals surface area contributed by atoms with Crippen LogP contribution in [-0.4, -0.2) is 172 Å². The molecule has 0 radical (unpaired) electrons. The number of ether oxygens (including phenoxy) is 6. The Hall–Kier alpha value is -5.03. The van der Waals surface area contributed by atoms with Gasteiger partial charge in [-0.1, -0.05) is 30.1 Å². The number of halogens is 5. The second-order valence-corrected chi connectivity index (χ2v) is 24.3. The predicted octanol–water partition coefficient (Wildman–Crippen LogP) is 7.26. The van der Waals surface area contributed by atoms with Crippen LogP contribution in [0.2, 0.25) is 10.0 Å². The molecule has 0 unspecified atom stereocenters. The molecule has 83 heavy (non-hydrogen) atoms. The number of hydrogen-bond donors (Lipinski definition) is 6. The highest BCUT2D eigenvalue weighted by Crippen LogP contribution is 2.45. The van der Waals surface area contributed by atoms with E-state index >= 15 is 0 Å². The third-order valence-corrected chi connectivity index (χ3v) is 16.8. The molecular weight excluding hydrogens is 1170 g/mol. The number of nitrogens with one attached hydrogen (secondary N) is 6. The number of likely N-dealkylation sites (N-methyl/N-ethyl adjacent to an activating group) is 2. The molecule has 6 rings (SSSR count). The van der Waals surface area contributed by atoms with Gasteiger partial charge in [0.25, 0.3) is 0 Å². The van der Waals surface area contributed by atoms with Gasteiger partial charge in [-0.3, -0.25) is 0 Å². The summed E-state index contributed by atoms with van der Waals surface area (Å²) in [4.78, 5) is 26.9. The van der Waals surface area contributed by atoms with Crippen molar-refractivity contribution in [2.45, 2.75) is 86.2 Å². The highest BCUT2D eigenvalue weighted by Gasteiger charge is 2.43. The smallest absolute Gasteiger partial charge is 0.416 e. The van der Waals surface area contributed by atoms with Crippen LogP contribution in [-0.2, 0) is 58.0 Å². The Morgan fingerprint density at radius 3 is 1.43 bits per heavy atom. The van der Waals surface area contributed by atoms with E-state index in [2.05, 4.69) is 42.5 Å². The number of unbranched alkanes of at least 4 members (excludes halogenated alkanes) is 1. The van der Waals surface area contributed by atoms with E-state index in [-0.39, 0.29) is 90.0 Å². The number of amides is 4. The molecule has 2 aliphatic rings. The van der Waals surface area contributed by atoms with Gasteiger partial charge in [0.15, 0.2) is 0 Å². The van der Waals surface area contributed by atoms with Crippen LogP contribution in [0.15, 0.2) is 82.6 Å². The maximum atomic E-state index is 13.7. The van der Waals surface area contributed by atoms with E-state index < -0.39 is 37.9 Å². The standard InChI is InChI=1S/C31H47ClN6O7S.C25H32ClF3N2O5S/c1-22-19-23(32)20-27-26(22)21-28(38(3)4)29(27)45-24-7-9-25(10-8-24)46(41,42)37-14-16-44-18-17-43-15-13-36-31(40)35-12-6-5-11-34-30(39)33-2;1-4-10-34-12-13-35-11-9-30-37(32,33)19-7-5-18(6-8-19)36-24-21-14-17(26)15-22(25(27,28)29)20(21)16-23(24)31(2)3/h7-10,19-20,28-29,37H,5-6,11-18,21H2,1-4H3,(H2,33,34,39)(H2,35,36,40);5-8,14-15,23-24,30H,4,9-13,16H2,1-3H3/t28-,29-;23-,24-/m00/s1. The fourth-order valence-electron chi connectivity index (χ4n) is 9.14. The Bertz CT molecular complexity index is 2920. The Balaban J connectivity index is 0.000000311. The second kappa shape index (κ2) is 33.6. The van der Waals surface area contributed by atoms with Crippen molar-refractivity contribution in [1.82, 2.24) is 40.5 Å². The van der Waals surface area contributed by atoms with Crippen molar-refractivity contribution >= 4 is 55.3 Å². The number of aryl methyl sites for hydroxylation is 1. The monoisotopic (exact) mass is 1250 g/mol. The number of sulfonamides is 2. The van der Waals surface area contributed by atoms with E-state index in [1.807, 2.05) is 33.2 Å². The van der Waals surface area contributed by atoms with E-state index in [0.29, 0.717) is 74.8 Å². The summed E-state index contributed by atoms with van der Waals surface area (Å²) in [5.41, 5.74) is 3.19. The molecular formula is C56H79Cl2F3N8O12S2. The van der Waals surface area contributed by atoms with E-state index in [0.717, 1.165) is 42.9 Å². The number of hydrogen-bond acceptors (Lipinski definition) is 14. The van der Waals surface area contributed by atoms with Gasteiger partial charge in [-0.15, -0.1) is 0 Å². The van der Waals surface area contributed by atoms with Gasteiger partial charge in [-0.05, 0) is 168 Å². The Morgan fingerprint density at radius 2 is 0.988 bits per heavy atom. The number of carbonyl (C=O) groups excluding carboxylic acids is 2. The van der Waals surface area contributed by atoms with Gasteiger partial charge in [0.2, 0.25) is 20.0 Å². The largest absolute Gasteiger partial charge is 0.484 e. The maximum absolute atomic E-state index is 13.7. The van der Waals surface area contributed by atoms with Crippen molar-refractivity contribution < 1.29 is 68.0 Å². The first-order valence-electron chi connectivity index (χ1n) is 27.3. The Morgan fingerprint density at radius 1 is 0.578 bits per heavy atom. The molecule has 6 N–H and O–H groups in total. The number of fused-ring (bicyclic) bond motifs is 2. The van der Waals surface area contributed by atoms with Gasteiger partial charge >= 0.3 is 18.2 Å². The van der Waals surface area contributed by atoms with Gasteiger partial charge in [-0.25, -0.2) is 35.9 Å². The lowest BCUT2D eigenvalue weighted by molar-refractivity contribution is -0.138. The topological polar surface area (TPSA) is 236 Å². The molecule has 0 aromatic heterocycles. The predicted molar refractivity (Wildman–Crippen MR) is 312 cm³/mol. The van der Waals surface area contributed by atoms with E-state index in [4.69, 9.17) is 51.6 Å². The molecule has 0 saturated carbocycles. The average molecular weight is 1250 g/mol. The van der Waals surface area contributed by atoms with E-state index in [1.54, 1.807) is 38.2 Å². The lowest BCUT2D eigenvalue weighted by Gasteiger charge is -2.27. The first kappa shape index (κ1) is 68.7. The van der Waals surface area contributed by atoms with Gasteiger partial charge in [0.05, 0.1) is 73.7 Å².